The number of para-hydroxylation sites is 1. The number of fused-ring (bicyclic) bond motifs is 1. The lowest BCUT2D eigenvalue weighted by atomic mass is 10.2. The fraction of sp³-hybridized carbons (Fsp3) is 0.300. The van der Waals surface area contributed by atoms with E-state index in [2.05, 4.69) is 15.0 Å². The first kappa shape index (κ1) is 20.0. The van der Waals surface area contributed by atoms with E-state index in [-0.39, 0.29) is 24.0 Å². The molecule has 1 aromatic heterocycles. The lowest BCUT2D eigenvalue weighted by molar-refractivity contribution is -0.121. The molecule has 148 valence electrons. The average Bonchev–Trinajstić information content (AvgIpc) is 3.09. The van der Waals surface area contributed by atoms with Crippen LogP contribution in [0.4, 0.5) is 8.78 Å². The van der Waals surface area contributed by atoms with Crippen LogP contribution in [0.2, 0.25) is 0 Å². The fourth-order valence-electron chi connectivity index (χ4n) is 2.73. The molecule has 0 bridgehead atoms. The average molecular weight is 406 g/mol. The Labute approximate surface area is 165 Å². The minimum Gasteiger partial charge on any atom is -0.493 e. The van der Waals surface area contributed by atoms with Gasteiger partial charge in [-0.05, 0) is 42.7 Å². The molecule has 3 aromatic rings. The lowest BCUT2D eigenvalue weighted by Crippen LogP contribution is -2.22. The number of methoxy groups -OCH3 is 1. The molecule has 0 fully saturated rings. The highest BCUT2D eigenvalue weighted by Crippen LogP contribution is 2.29. The van der Waals surface area contributed by atoms with Crippen LogP contribution in [0.1, 0.15) is 23.4 Å². The molecule has 2 aromatic carbocycles. The number of halogens is 2. The molecule has 0 radical (unpaired) electrons. The molecule has 0 unspecified atom stereocenters. The van der Waals surface area contributed by atoms with Crippen LogP contribution in [0.25, 0.3) is 10.2 Å². The Morgan fingerprint density at radius 3 is 2.79 bits per heavy atom. The van der Waals surface area contributed by atoms with Crippen LogP contribution in [-0.4, -0.2) is 24.6 Å². The SMILES string of the molecule is COc1cc(CNC(=O)CCCc2nc3ccccc3s2)ccc1OC(F)F. The van der Waals surface area contributed by atoms with E-state index in [9.17, 15) is 13.6 Å². The van der Waals surface area contributed by atoms with Gasteiger partial charge in [-0.15, -0.1) is 11.3 Å². The molecule has 0 atom stereocenters. The minimum absolute atomic E-state index is 0.0385. The summed E-state index contributed by atoms with van der Waals surface area (Å²) in [4.78, 5) is 16.6. The normalized spacial score (nSPS) is 11.0. The Balaban J connectivity index is 1.46. The number of carbonyl (C=O) groups excluding carboxylic acids is 1. The van der Waals surface area contributed by atoms with Crippen molar-refractivity contribution in [2.45, 2.75) is 32.4 Å². The number of hydrogen-bond donors (Lipinski definition) is 1. The zero-order chi connectivity index (χ0) is 19.9. The van der Waals surface area contributed by atoms with Gasteiger partial charge in [0, 0.05) is 13.0 Å². The topological polar surface area (TPSA) is 60.5 Å². The van der Waals surface area contributed by atoms with E-state index < -0.39 is 6.61 Å². The summed E-state index contributed by atoms with van der Waals surface area (Å²) in [6.45, 7) is -2.64. The number of benzene rings is 2. The van der Waals surface area contributed by atoms with Gasteiger partial charge >= 0.3 is 6.61 Å². The summed E-state index contributed by atoms with van der Waals surface area (Å²) in [5.74, 6) is 0.0827. The van der Waals surface area contributed by atoms with Gasteiger partial charge in [-0.25, -0.2) is 4.98 Å². The summed E-state index contributed by atoms with van der Waals surface area (Å²) >= 11 is 1.65. The van der Waals surface area contributed by atoms with Gasteiger partial charge in [-0.2, -0.15) is 8.78 Å². The third-order valence-electron chi connectivity index (χ3n) is 4.07. The van der Waals surface area contributed by atoms with Crippen LogP contribution in [0.3, 0.4) is 0 Å². The van der Waals surface area contributed by atoms with Crippen LogP contribution in [-0.2, 0) is 17.8 Å². The summed E-state index contributed by atoms with van der Waals surface area (Å²) in [5.41, 5.74) is 1.72. The van der Waals surface area contributed by atoms with Gasteiger partial charge in [-0.3, -0.25) is 4.79 Å². The van der Waals surface area contributed by atoms with Gasteiger partial charge in [0.05, 0.1) is 22.3 Å². The van der Waals surface area contributed by atoms with E-state index in [4.69, 9.17) is 4.74 Å². The Hall–Kier alpha value is -2.74. The van der Waals surface area contributed by atoms with Gasteiger partial charge in [-0.1, -0.05) is 18.2 Å². The van der Waals surface area contributed by atoms with Gasteiger partial charge in [0.2, 0.25) is 5.91 Å². The van der Waals surface area contributed by atoms with Crippen LogP contribution in [0.5, 0.6) is 11.5 Å². The Bertz CT molecular complexity index is 913. The van der Waals surface area contributed by atoms with E-state index in [1.807, 2.05) is 24.3 Å². The summed E-state index contributed by atoms with van der Waals surface area (Å²) in [5, 5.41) is 3.84. The quantitative estimate of drug-likeness (QED) is 0.567. The summed E-state index contributed by atoms with van der Waals surface area (Å²) < 4.78 is 35.3. The van der Waals surface area contributed by atoms with Crippen LogP contribution < -0.4 is 14.8 Å². The van der Waals surface area contributed by atoms with Crippen molar-refractivity contribution in [1.29, 1.82) is 0 Å². The van der Waals surface area contributed by atoms with E-state index in [1.54, 1.807) is 23.5 Å². The molecule has 28 heavy (non-hydrogen) atoms. The maximum atomic E-state index is 12.4. The number of carbonyl (C=O) groups is 1. The molecule has 1 N–H and O–H groups in total. The van der Waals surface area contributed by atoms with Crippen molar-refractivity contribution in [1.82, 2.24) is 10.3 Å². The number of alkyl halides is 2. The van der Waals surface area contributed by atoms with Crippen LogP contribution in [0.15, 0.2) is 42.5 Å². The molecule has 8 heteroatoms. The first-order valence-corrected chi connectivity index (χ1v) is 9.59. The van der Waals surface area contributed by atoms with Crippen molar-refractivity contribution in [2.24, 2.45) is 0 Å². The molecular formula is C20H20F2N2O3S. The van der Waals surface area contributed by atoms with Gasteiger partial charge in [0.25, 0.3) is 0 Å². The van der Waals surface area contributed by atoms with Gasteiger partial charge in [0.15, 0.2) is 11.5 Å². The van der Waals surface area contributed by atoms with Crippen molar-refractivity contribution >= 4 is 27.5 Å². The highest BCUT2D eigenvalue weighted by Gasteiger charge is 2.11. The minimum atomic E-state index is -2.92. The molecule has 0 spiro atoms. The number of amides is 1. The highest BCUT2D eigenvalue weighted by atomic mass is 32.1. The summed E-state index contributed by atoms with van der Waals surface area (Å²) in [7, 11) is 1.37. The second-order valence-electron chi connectivity index (χ2n) is 6.07. The van der Waals surface area contributed by atoms with E-state index in [0.717, 1.165) is 27.2 Å². The predicted octanol–water partition coefficient (Wildman–Crippen LogP) is 4.55. The molecular weight excluding hydrogens is 386 g/mol. The molecule has 0 aliphatic carbocycles. The van der Waals surface area contributed by atoms with E-state index in [1.165, 1.54) is 13.2 Å². The van der Waals surface area contributed by atoms with Crippen molar-refractivity contribution in [3.05, 3.63) is 53.0 Å². The zero-order valence-electron chi connectivity index (χ0n) is 15.3. The van der Waals surface area contributed by atoms with Gasteiger partial charge in [0.1, 0.15) is 0 Å². The number of thiazole rings is 1. The Kier molecular flexibility index (Phi) is 6.76. The Morgan fingerprint density at radius 2 is 2.04 bits per heavy atom. The third-order valence-corrected chi connectivity index (χ3v) is 5.16. The zero-order valence-corrected chi connectivity index (χ0v) is 16.1. The van der Waals surface area contributed by atoms with Crippen LogP contribution >= 0.6 is 11.3 Å². The maximum Gasteiger partial charge on any atom is 0.387 e. The number of nitrogens with zero attached hydrogens (tertiary/aromatic N) is 1. The molecule has 0 saturated carbocycles. The third kappa shape index (κ3) is 5.39. The Morgan fingerprint density at radius 1 is 1.21 bits per heavy atom. The molecule has 0 aliphatic heterocycles. The molecule has 0 aliphatic rings. The molecule has 1 amide bonds. The van der Waals surface area contributed by atoms with E-state index >= 15 is 0 Å². The number of hydrogen-bond acceptors (Lipinski definition) is 5. The number of nitrogens with one attached hydrogen (secondary N) is 1. The predicted molar refractivity (Wildman–Crippen MR) is 104 cm³/mol. The molecule has 0 saturated heterocycles. The van der Waals surface area contributed by atoms with E-state index in [0.29, 0.717) is 12.8 Å². The number of aromatic nitrogens is 1. The maximum absolute atomic E-state index is 12.4. The standard InChI is InChI=1S/C20H20F2N2O3S/c1-26-16-11-13(9-10-15(16)27-20(21)22)12-23-18(25)7-4-8-19-24-14-5-2-3-6-17(14)28-19/h2-3,5-6,9-11,20H,4,7-8,12H2,1H3,(H,23,25). The molecule has 5 nitrogen and oxygen atoms in total. The smallest absolute Gasteiger partial charge is 0.387 e. The first-order chi connectivity index (χ1) is 13.5. The summed E-state index contributed by atoms with van der Waals surface area (Å²) in [6.07, 6.45) is 1.84. The van der Waals surface area contributed by atoms with Crippen molar-refractivity contribution in [3.63, 3.8) is 0 Å². The molecule has 1 heterocycles. The largest absolute Gasteiger partial charge is 0.493 e. The number of ether oxygens (including phenoxy) is 2. The van der Waals surface area contributed by atoms with Crippen molar-refractivity contribution < 1.29 is 23.0 Å². The second kappa shape index (κ2) is 9.45. The van der Waals surface area contributed by atoms with Crippen molar-refractivity contribution in [2.75, 3.05) is 7.11 Å². The second-order valence-corrected chi connectivity index (χ2v) is 7.18. The highest BCUT2D eigenvalue weighted by molar-refractivity contribution is 7.18. The monoisotopic (exact) mass is 406 g/mol. The van der Waals surface area contributed by atoms with Crippen LogP contribution in [0, 0.1) is 0 Å². The first-order valence-electron chi connectivity index (χ1n) is 8.78. The lowest BCUT2D eigenvalue weighted by Gasteiger charge is -2.12. The number of rotatable bonds is 9. The fourth-order valence-corrected chi connectivity index (χ4v) is 3.74. The molecule has 3 rings (SSSR count). The summed E-state index contributed by atoms with van der Waals surface area (Å²) in [6, 6.07) is 12.5. The van der Waals surface area contributed by atoms with Crippen molar-refractivity contribution in [3.8, 4) is 11.5 Å². The number of aryl methyl sites for hydroxylation is 1. The van der Waals surface area contributed by atoms with Gasteiger partial charge < -0.3 is 14.8 Å².